The predicted molar refractivity (Wildman–Crippen MR) is 80.4 cm³/mol. The van der Waals surface area contributed by atoms with Gasteiger partial charge in [-0.25, -0.2) is 0 Å². The molecule has 5 nitrogen and oxygen atoms in total. The number of carbonyl (C=O) groups is 1. The van der Waals surface area contributed by atoms with Crippen molar-refractivity contribution in [3.63, 3.8) is 0 Å². The Labute approximate surface area is 127 Å². The number of likely N-dealkylation sites (tertiary alicyclic amines) is 1. The van der Waals surface area contributed by atoms with E-state index < -0.39 is 5.54 Å². The first-order chi connectivity index (χ1) is 10.0. The first kappa shape index (κ1) is 16.3. The Morgan fingerprint density at radius 2 is 2.10 bits per heavy atom. The van der Waals surface area contributed by atoms with Gasteiger partial charge in [0.2, 0.25) is 5.91 Å². The second-order valence-corrected chi connectivity index (χ2v) is 6.64. The molecule has 2 aliphatic rings. The summed E-state index contributed by atoms with van der Waals surface area (Å²) in [4.78, 5) is 16.3. The molecular formula is C16H27N3O2. The van der Waals surface area contributed by atoms with Crippen LogP contribution in [0.3, 0.4) is 0 Å². The number of nitriles is 1. The highest BCUT2D eigenvalue weighted by atomic mass is 16.3. The van der Waals surface area contributed by atoms with Gasteiger partial charge in [-0.2, -0.15) is 5.26 Å². The highest BCUT2D eigenvalue weighted by Crippen LogP contribution is 2.33. The number of aliphatic hydroxyl groups excluding tert-OH is 1. The fourth-order valence-electron chi connectivity index (χ4n) is 3.76. The molecule has 1 amide bonds. The summed E-state index contributed by atoms with van der Waals surface area (Å²) < 4.78 is 0. The van der Waals surface area contributed by atoms with E-state index in [1.807, 2.05) is 0 Å². The van der Waals surface area contributed by atoms with Gasteiger partial charge in [-0.3, -0.25) is 9.69 Å². The molecule has 1 saturated heterocycles. The molecule has 21 heavy (non-hydrogen) atoms. The van der Waals surface area contributed by atoms with Gasteiger partial charge in [-0.15, -0.1) is 0 Å². The topological polar surface area (TPSA) is 67.6 Å². The van der Waals surface area contributed by atoms with E-state index in [2.05, 4.69) is 17.9 Å². The van der Waals surface area contributed by atoms with Crippen LogP contribution in [0.2, 0.25) is 0 Å². The molecule has 0 spiro atoms. The van der Waals surface area contributed by atoms with Crippen LogP contribution in [0.5, 0.6) is 0 Å². The van der Waals surface area contributed by atoms with E-state index in [1.165, 1.54) is 0 Å². The van der Waals surface area contributed by atoms with Crippen molar-refractivity contribution < 1.29 is 9.90 Å². The van der Waals surface area contributed by atoms with Gasteiger partial charge in [0.25, 0.3) is 0 Å². The lowest BCUT2D eigenvalue weighted by Gasteiger charge is -2.40. The van der Waals surface area contributed by atoms with Crippen LogP contribution in [0, 0.1) is 17.2 Å². The average molecular weight is 293 g/mol. The number of hydrogen-bond acceptors (Lipinski definition) is 4. The first-order valence-corrected chi connectivity index (χ1v) is 8.07. The summed E-state index contributed by atoms with van der Waals surface area (Å²) in [7, 11) is 1.77. The van der Waals surface area contributed by atoms with E-state index in [0.29, 0.717) is 12.5 Å². The SMILES string of the molecule is CC1CCN(CC(=O)N(C)C2(C#N)CCCCC2)C1CO. The van der Waals surface area contributed by atoms with E-state index in [1.54, 1.807) is 11.9 Å². The van der Waals surface area contributed by atoms with Crippen molar-refractivity contribution in [2.45, 2.75) is 57.0 Å². The van der Waals surface area contributed by atoms with Gasteiger partial charge in [-0.05, 0) is 31.7 Å². The highest BCUT2D eigenvalue weighted by molar-refractivity contribution is 5.79. The van der Waals surface area contributed by atoms with Gasteiger partial charge >= 0.3 is 0 Å². The minimum atomic E-state index is -0.616. The number of likely N-dealkylation sites (N-methyl/N-ethyl adjacent to an activating group) is 1. The number of nitrogens with zero attached hydrogens (tertiary/aromatic N) is 3. The standard InChI is InChI=1S/C16H27N3O2/c1-13-6-9-19(14(13)11-20)10-15(21)18(2)16(12-17)7-4-3-5-8-16/h13-14,20H,3-11H2,1-2H3. The fraction of sp³-hybridized carbons (Fsp3) is 0.875. The zero-order valence-corrected chi connectivity index (χ0v) is 13.2. The van der Waals surface area contributed by atoms with Crippen LogP contribution in [-0.2, 0) is 4.79 Å². The maximum Gasteiger partial charge on any atom is 0.237 e. The van der Waals surface area contributed by atoms with Crippen molar-refractivity contribution in [2.24, 2.45) is 5.92 Å². The summed E-state index contributed by atoms with van der Waals surface area (Å²) in [5.41, 5.74) is -0.616. The summed E-state index contributed by atoms with van der Waals surface area (Å²) in [6, 6.07) is 2.47. The summed E-state index contributed by atoms with van der Waals surface area (Å²) in [5.74, 6) is 0.429. The van der Waals surface area contributed by atoms with Gasteiger partial charge in [0.1, 0.15) is 5.54 Å². The van der Waals surface area contributed by atoms with Gasteiger partial charge in [0, 0.05) is 13.1 Å². The summed E-state index contributed by atoms with van der Waals surface area (Å²) in [5, 5.41) is 19.0. The number of rotatable bonds is 4. The van der Waals surface area contributed by atoms with Crippen LogP contribution in [0.15, 0.2) is 0 Å². The quantitative estimate of drug-likeness (QED) is 0.850. The fourth-order valence-corrected chi connectivity index (χ4v) is 3.76. The Hall–Kier alpha value is -1.12. The number of hydrogen-bond donors (Lipinski definition) is 1. The van der Waals surface area contributed by atoms with Crippen LogP contribution >= 0.6 is 0 Å². The zero-order valence-electron chi connectivity index (χ0n) is 13.2. The highest BCUT2D eigenvalue weighted by Gasteiger charge is 2.40. The average Bonchev–Trinajstić information content (AvgIpc) is 2.86. The Bertz CT molecular complexity index is 412. The molecule has 0 radical (unpaired) electrons. The number of amides is 1. The molecule has 1 saturated carbocycles. The number of aliphatic hydroxyl groups is 1. The van der Waals surface area contributed by atoms with E-state index in [4.69, 9.17) is 0 Å². The van der Waals surface area contributed by atoms with E-state index in [0.717, 1.165) is 45.1 Å². The summed E-state index contributed by atoms with van der Waals surface area (Å²) in [6.07, 6.45) is 5.78. The van der Waals surface area contributed by atoms with Crippen molar-refractivity contribution in [3.05, 3.63) is 0 Å². The molecule has 1 N–H and O–H groups in total. The third kappa shape index (κ3) is 3.22. The monoisotopic (exact) mass is 293 g/mol. The lowest BCUT2D eigenvalue weighted by molar-refractivity contribution is -0.136. The smallest absolute Gasteiger partial charge is 0.237 e. The van der Waals surface area contributed by atoms with Crippen LogP contribution in [0.1, 0.15) is 45.4 Å². The molecule has 118 valence electrons. The third-order valence-electron chi connectivity index (χ3n) is 5.43. The van der Waals surface area contributed by atoms with Gasteiger partial charge in [0.15, 0.2) is 0 Å². The van der Waals surface area contributed by atoms with Gasteiger partial charge in [0.05, 0.1) is 19.2 Å². The molecule has 1 aliphatic carbocycles. The normalized spacial score (nSPS) is 29.0. The minimum Gasteiger partial charge on any atom is -0.395 e. The Morgan fingerprint density at radius 3 is 2.67 bits per heavy atom. The van der Waals surface area contributed by atoms with E-state index in [-0.39, 0.29) is 18.6 Å². The molecular weight excluding hydrogens is 266 g/mol. The Kier molecular flexibility index (Phi) is 5.23. The van der Waals surface area contributed by atoms with E-state index in [9.17, 15) is 15.2 Å². The molecule has 2 atom stereocenters. The molecule has 2 rings (SSSR count). The van der Waals surface area contributed by atoms with E-state index >= 15 is 0 Å². The molecule has 0 bridgehead atoms. The molecule has 2 unspecified atom stereocenters. The molecule has 2 fully saturated rings. The van der Waals surface area contributed by atoms with Crippen molar-refractivity contribution in [1.29, 1.82) is 5.26 Å². The third-order valence-corrected chi connectivity index (χ3v) is 5.43. The minimum absolute atomic E-state index is 0.00556. The largest absolute Gasteiger partial charge is 0.395 e. The van der Waals surface area contributed by atoms with Gasteiger partial charge in [-0.1, -0.05) is 26.2 Å². The van der Waals surface area contributed by atoms with Crippen molar-refractivity contribution >= 4 is 5.91 Å². The summed E-state index contributed by atoms with van der Waals surface area (Å²) >= 11 is 0. The van der Waals surface area contributed by atoms with Crippen LogP contribution in [-0.4, -0.2) is 59.1 Å². The van der Waals surface area contributed by atoms with Crippen LogP contribution in [0.4, 0.5) is 0 Å². The second kappa shape index (κ2) is 6.76. The zero-order chi connectivity index (χ0) is 15.5. The summed E-state index contributed by atoms with van der Waals surface area (Å²) in [6.45, 7) is 3.38. The Balaban J connectivity index is 2.01. The molecule has 5 heteroatoms. The van der Waals surface area contributed by atoms with Gasteiger partial charge < -0.3 is 10.0 Å². The van der Waals surface area contributed by atoms with Crippen molar-refractivity contribution in [3.8, 4) is 6.07 Å². The van der Waals surface area contributed by atoms with Crippen LogP contribution < -0.4 is 0 Å². The first-order valence-electron chi connectivity index (χ1n) is 8.07. The lowest BCUT2D eigenvalue weighted by Crippen LogP contribution is -2.53. The second-order valence-electron chi connectivity index (χ2n) is 6.64. The predicted octanol–water partition coefficient (Wildman–Crippen LogP) is 1.37. The number of carbonyl (C=O) groups excluding carboxylic acids is 1. The lowest BCUT2D eigenvalue weighted by atomic mass is 9.81. The van der Waals surface area contributed by atoms with Crippen molar-refractivity contribution in [1.82, 2.24) is 9.80 Å². The molecule has 0 aromatic heterocycles. The van der Waals surface area contributed by atoms with Crippen LogP contribution in [0.25, 0.3) is 0 Å². The molecule has 1 heterocycles. The molecule has 1 aliphatic heterocycles. The Morgan fingerprint density at radius 1 is 1.43 bits per heavy atom. The molecule has 0 aromatic rings. The van der Waals surface area contributed by atoms with Crippen molar-refractivity contribution in [2.75, 3.05) is 26.7 Å². The maximum atomic E-state index is 12.6. The maximum absolute atomic E-state index is 12.6. The molecule has 0 aromatic carbocycles.